The van der Waals surface area contributed by atoms with Gasteiger partial charge in [0.2, 0.25) is 0 Å². The Morgan fingerprint density at radius 1 is 1.25 bits per heavy atom. The fraction of sp³-hybridized carbons (Fsp3) is 0. The Labute approximate surface area is 88.7 Å². The van der Waals surface area contributed by atoms with Gasteiger partial charge in [-0.05, 0) is 18.2 Å². The smallest absolute Gasteiger partial charge is 0.356 e. The highest BCUT2D eigenvalue weighted by Gasteiger charge is 2.14. The minimum Gasteiger partial charge on any atom is -0.476 e. The lowest BCUT2D eigenvalue weighted by Crippen LogP contribution is -2.04. The van der Waals surface area contributed by atoms with Gasteiger partial charge in [0.25, 0.3) is 0 Å². The van der Waals surface area contributed by atoms with E-state index in [0.29, 0.717) is 0 Å². The molecule has 0 aliphatic carbocycles. The Morgan fingerprint density at radius 2 is 1.88 bits per heavy atom. The average Bonchev–Trinajstić information content (AvgIpc) is 2.66. The van der Waals surface area contributed by atoms with Crippen LogP contribution in [0.3, 0.4) is 0 Å². The lowest BCUT2D eigenvalue weighted by molar-refractivity contribution is 0.0690. The third-order valence-corrected chi connectivity index (χ3v) is 1.97. The van der Waals surface area contributed by atoms with Gasteiger partial charge < -0.3 is 5.11 Å². The van der Waals surface area contributed by atoms with Crippen LogP contribution in [0.25, 0.3) is 5.69 Å². The van der Waals surface area contributed by atoms with Gasteiger partial charge in [0.15, 0.2) is 17.3 Å². The number of para-hydroxylation sites is 1. The molecule has 1 aromatic carbocycles. The summed E-state index contributed by atoms with van der Waals surface area (Å²) in [5.41, 5.74) is -0.669. The van der Waals surface area contributed by atoms with Crippen molar-refractivity contribution < 1.29 is 18.7 Å². The first-order valence-corrected chi connectivity index (χ1v) is 4.33. The molecule has 0 unspecified atom stereocenters. The van der Waals surface area contributed by atoms with Crippen molar-refractivity contribution in [2.75, 3.05) is 0 Å². The van der Waals surface area contributed by atoms with Gasteiger partial charge in [0.05, 0.1) is 0 Å². The summed E-state index contributed by atoms with van der Waals surface area (Å²) in [5.74, 6) is -2.87. The monoisotopic (exact) mass is 224 g/mol. The van der Waals surface area contributed by atoms with Crippen molar-refractivity contribution in [1.82, 2.24) is 9.78 Å². The van der Waals surface area contributed by atoms with Crippen molar-refractivity contribution in [2.24, 2.45) is 0 Å². The van der Waals surface area contributed by atoms with Gasteiger partial charge >= 0.3 is 5.97 Å². The zero-order valence-electron chi connectivity index (χ0n) is 7.89. The number of carboxylic acids is 1. The third-order valence-electron chi connectivity index (χ3n) is 1.97. The Morgan fingerprint density at radius 3 is 2.38 bits per heavy atom. The number of carbonyl (C=O) groups is 1. The van der Waals surface area contributed by atoms with E-state index in [2.05, 4.69) is 5.10 Å². The van der Waals surface area contributed by atoms with Crippen molar-refractivity contribution in [3.63, 3.8) is 0 Å². The van der Waals surface area contributed by atoms with Crippen LogP contribution in [0.15, 0.2) is 30.5 Å². The number of carboxylic acid groups (broad SMARTS) is 1. The molecular formula is C10H6F2N2O2. The van der Waals surface area contributed by atoms with Crippen LogP contribution in [-0.2, 0) is 0 Å². The predicted molar refractivity (Wildman–Crippen MR) is 50.4 cm³/mol. The summed E-state index contributed by atoms with van der Waals surface area (Å²) in [5, 5.41) is 12.2. The summed E-state index contributed by atoms with van der Waals surface area (Å²) >= 11 is 0. The molecule has 4 nitrogen and oxygen atoms in total. The van der Waals surface area contributed by atoms with Crippen molar-refractivity contribution in [3.8, 4) is 5.69 Å². The van der Waals surface area contributed by atoms with E-state index >= 15 is 0 Å². The lowest BCUT2D eigenvalue weighted by atomic mass is 10.3. The molecule has 0 amide bonds. The Bertz CT molecular complexity index is 531. The first-order valence-electron chi connectivity index (χ1n) is 4.33. The average molecular weight is 224 g/mol. The highest BCUT2D eigenvalue weighted by Crippen LogP contribution is 2.16. The van der Waals surface area contributed by atoms with Crippen LogP contribution in [-0.4, -0.2) is 20.9 Å². The number of halogens is 2. The molecule has 0 atom stereocenters. The largest absolute Gasteiger partial charge is 0.476 e. The summed E-state index contributed by atoms with van der Waals surface area (Å²) in [6.45, 7) is 0. The third kappa shape index (κ3) is 1.65. The molecule has 0 aliphatic rings. The maximum absolute atomic E-state index is 13.3. The number of nitrogens with zero attached hydrogens (tertiary/aromatic N) is 2. The fourth-order valence-electron chi connectivity index (χ4n) is 1.27. The van der Waals surface area contributed by atoms with Crippen molar-refractivity contribution in [3.05, 3.63) is 47.8 Å². The van der Waals surface area contributed by atoms with E-state index in [9.17, 15) is 13.6 Å². The number of benzene rings is 1. The highest BCUT2D eigenvalue weighted by molar-refractivity contribution is 5.85. The quantitative estimate of drug-likeness (QED) is 0.846. The number of aromatic carboxylic acids is 1. The summed E-state index contributed by atoms with van der Waals surface area (Å²) < 4.78 is 27.5. The van der Waals surface area contributed by atoms with Gasteiger partial charge in [0, 0.05) is 6.20 Å². The molecule has 0 saturated carbocycles. The molecule has 82 valence electrons. The Balaban J connectivity index is 2.54. The topological polar surface area (TPSA) is 55.1 Å². The molecule has 0 fully saturated rings. The van der Waals surface area contributed by atoms with Gasteiger partial charge in [-0.25, -0.2) is 18.3 Å². The maximum atomic E-state index is 13.3. The number of aromatic nitrogens is 2. The second-order valence-electron chi connectivity index (χ2n) is 3.02. The van der Waals surface area contributed by atoms with Gasteiger partial charge in [0.1, 0.15) is 5.69 Å². The Kier molecular flexibility index (Phi) is 2.40. The van der Waals surface area contributed by atoms with E-state index in [1.807, 2.05) is 0 Å². The first-order chi connectivity index (χ1) is 7.59. The second-order valence-corrected chi connectivity index (χ2v) is 3.02. The van der Waals surface area contributed by atoms with E-state index in [1.165, 1.54) is 12.3 Å². The molecule has 0 radical (unpaired) electrons. The molecule has 1 heterocycles. The zero-order valence-corrected chi connectivity index (χ0v) is 7.89. The van der Waals surface area contributed by atoms with Crippen LogP contribution >= 0.6 is 0 Å². The standard InChI is InChI=1S/C10H6F2N2O2/c11-6-2-1-3-7(12)9(6)14-5-4-8(13-14)10(15)16/h1-5H,(H,15,16). The summed E-state index contributed by atoms with van der Waals surface area (Å²) in [4.78, 5) is 10.6. The van der Waals surface area contributed by atoms with Gasteiger partial charge in [-0.2, -0.15) is 5.10 Å². The molecule has 2 rings (SSSR count). The molecule has 16 heavy (non-hydrogen) atoms. The van der Waals surface area contributed by atoms with Crippen LogP contribution in [0.2, 0.25) is 0 Å². The molecular weight excluding hydrogens is 218 g/mol. The zero-order chi connectivity index (χ0) is 11.7. The number of hydrogen-bond donors (Lipinski definition) is 1. The van der Waals surface area contributed by atoms with E-state index < -0.39 is 23.3 Å². The van der Waals surface area contributed by atoms with Crippen LogP contribution in [0.1, 0.15) is 10.5 Å². The Hall–Kier alpha value is -2.24. The minimum atomic E-state index is -1.25. The van der Waals surface area contributed by atoms with Crippen molar-refractivity contribution in [1.29, 1.82) is 0 Å². The van der Waals surface area contributed by atoms with E-state index in [1.54, 1.807) is 0 Å². The van der Waals surface area contributed by atoms with E-state index in [-0.39, 0.29) is 5.69 Å². The summed E-state index contributed by atoms with van der Waals surface area (Å²) in [6, 6.07) is 4.52. The van der Waals surface area contributed by atoms with Gasteiger partial charge in [-0.15, -0.1) is 0 Å². The molecule has 6 heteroatoms. The number of rotatable bonds is 2. The predicted octanol–water partition coefficient (Wildman–Crippen LogP) is 1.85. The molecule has 0 bridgehead atoms. The molecule has 1 N–H and O–H groups in total. The maximum Gasteiger partial charge on any atom is 0.356 e. The summed E-state index contributed by atoms with van der Waals surface area (Å²) in [6.07, 6.45) is 1.19. The van der Waals surface area contributed by atoms with Gasteiger partial charge in [-0.3, -0.25) is 0 Å². The lowest BCUT2D eigenvalue weighted by Gasteiger charge is -2.03. The fourth-order valence-corrected chi connectivity index (χ4v) is 1.27. The van der Waals surface area contributed by atoms with E-state index in [4.69, 9.17) is 5.11 Å². The summed E-state index contributed by atoms with van der Waals surface area (Å²) in [7, 11) is 0. The van der Waals surface area contributed by atoms with Crippen molar-refractivity contribution in [2.45, 2.75) is 0 Å². The second kappa shape index (κ2) is 3.73. The molecule has 2 aromatic rings. The molecule has 0 spiro atoms. The van der Waals surface area contributed by atoms with Crippen LogP contribution < -0.4 is 0 Å². The molecule has 1 aromatic heterocycles. The molecule has 0 aliphatic heterocycles. The van der Waals surface area contributed by atoms with Crippen LogP contribution in [0, 0.1) is 11.6 Å². The van der Waals surface area contributed by atoms with Gasteiger partial charge in [-0.1, -0.05) is 6.07 Å². The highest BCUT2D eigenvalue weighted by atomic mass is 19.1. The van der Waals surface area contributed by atoms with E-state index in [0.717, 1.165) is 22.9 Å². The first kappa shape index (κ1) is 10.3. The normalized spacial score (nSPS) is 10.4. The van der Waals surface area contributed by atoms with Crippen LogP contribution in [0.4, 0.5) is 8.78 Å². The number of hydrogen-bond acceptors (Lipinski definition) is 2. The minimum absolute atomic E-state index is 0.275. The SMILES string of the molecule is O=C(O)c1ccn(-c2c(F)cccc2F)n1. The molecule has 0 saturated heterocycles. The van der Waals surface area contributed by atoms with Crippen LogP contribution in [0.5, 0.6) is 0 Å². The van der Waals surface area contributed by atoms with Crippen molar-refractivity contribution >= 4 is 5.97 Å².